The zero-order valence-corrected chi connectivity index (χ0v) is 9.40. The van der Waals surface area contributed by atoms with Gasteiger partial charge >= 0.3 is 5.97 Å². The van der Waals surface area contributed by atoms with E-state index < -0.39 is 11.5 Å². The predicted octanol–water partition coefficient (Wildman–Crippen LogP) is 0.830. The van der Waals surface area contributed by atoms with Crippen LogP contribution in [-0.2, 0) is 10.3 Å². The van der Waals surface area contributed by atoms with Gasteiger partial charge < -0.3 is 15.0 Å². The minimum Gasteiger partial charge on any atom is -0.460 e. The normalized spacial score (nSPS) is 19.2. The van der Waals surface area contributed by atoms with Gasteiger partial charge in [-0.05, 0) is 37.8 Å². The monoisotopic (exact) mass is 225 g/mol. The fourth-order valence-corrected chi connectivity index (χ4v) is 1.58. The molecule has 1 atom stereocenters. The van der Waals surface area contributed by atoms with E-state index >= 15 is 0 Å². The summed E-state index contributed by atoms with van der Waals surface area (Å²) in [6, 6.07) is 0. The van der Waals surface area contributed by atoms with E-state index in [1.807, 2.05) is 6.92 Å². The summed E-state index contributed by atoms with van der Waals surface area (Å²) in [7, 11) is 0. The van der Waals surface area contributed by atoms with E-state index in [9.17, 15) is 4.79 Å². The van der Waals surface area contributed by atoms with Gasteiger partial charge in [0.1, 0.15) is 0 Å². The highest BCUT2D eigenvalue weighted by atomic mass is 16.5. The van der Waals surface area contributed by atoms with Crippen LogP contribution in [0.2, 0.25) is 0 Å². The first-order valence-corrected chi connectivity index (χ1v) is 5.36. The lowest BCUT2D eigenvalue weighted by molar-refractivity contribution is 0.0508. The maximum atomic E-state index is 11.3. The Morgan fingerprint density at radius 1 is 1.69 bits per heavy atom. The van der Waals surface area contributed by atoms with Crippen molar-refractivity contribution < 1.29 is 14.1 Å². The standard InChI is InChI=1S/C10H15N3O3/c1-3-15-8(14)7-12-9(16-13-7)10(2,11)6-4-5-6/h6H,3-5,11H2,1-2H3. The Hall–Kier alpha value is -1.43. The highest BCUT2D eigenvalue weighted by Crippen LogP contribution is 2.43. The molecule has 0 amide bonds. The molecule has 6 heteroatoms. The summed E-state index contributed by atoms with van der Waals surface area (Å²) in [5.41, 5.74) is 5.44. The number of rotatable bonds is 4. The van der Waals surface area contributed by atoms with Crippen molar-refractivity contribution in [2.45, 2.75) is 32.2 Å². The van der Waals surface area contributed by atoms with Crippen molar-refractivity contribution in [1.29, 1.82) is 0 Å². The largest absolute Gasteiger partial charge is 0.460 e. The second-order valence-electron chi connectivity index (χ2n) is 4.20. The highest BCUT2D eigenvalue weighted by Gasteiger charge is 2.44. The summed E-state index contributed by atoms with van der Waals surface area (Å²) in [5.74, 6) is 0.0271. The van der Waals surface area contributed by atoms with Gasteiger partial charge in [-0.15, -0.1) is 0 Å². The maximum absolute atomic E-state index is 11.3. The Kier molecular flexibility index (Phi) is 2.67. The number of carbonyl (C=O) groups is 1. The molecule has 1 aromatic heterocycles. The van der Waals surface area contributed by atoms with Crippen molar-refractivity contribution >= 4 is 5.97 Å². The molecule has 0 bridgehead atoms. The van der Waals surface area contributed by atoms with Crippen molar-refractivity contribution in [1.82, 2.24) is 10.1 Å². The van der Waals surface area contributed by atoms with Crippen LogP contribution in [0.5, 0.6) is 0 Å². The Bertz CT molecular complexity index is 396. The zero-order chi connectivity index (χ0) is 11.8. The summed E-state index contributed by atoms with van der Waals surface area (Å²) >= 11 is 0. The van der Waals surface area contributed by atoms with Gasteiger partial charge in [-0.2, -0.15) is 4.98 Å². The molecule has 2 N–H and O–H groups in total. The van der Waals surface area contributed by atoms with Crippen LogP contribution in [0.4, 0.5) is 0 Å². The van der Waals surface area contributed by atoms with Crippen molar-refractivity contribution in [3.63, 3.8) is 0 Å². The number of esters is 1. The molecule has 0 radical (unpaired) electrons. The van der Waals surface area contributed by atoms with Crippen LogP contribution in [0.1, 0.15) is 43.2 Å². The zero-order valence-electron chi connectivity index (χ0n) is 9.40. The second-order valence-corrected chi connectivity index (χ2v) is 4.20. The molecular formula is C10H15N3O3. The summed E-state index contributed by atoms with van der Waals surface area (Å²) in [6.07, 6.45) is 2.12. The van der Waals surface area contributed by atoms with Crippen LogP contribution in [0.3, 0.4) is 0 Å². The van der Waals surface area contributed by atoms with E-state index in [0.29, 0.717) is 11.8 Å². The van der Waals surface area contributed by atoms with Gasteiger partial charge in [-0.3, -0.25) is 0 Å². The van der Waals surface area contributed by atoms with E-state index in [-0.39, 0.29) is 12.4 Å². The number of hydrogen-bond acceptors (Lipinski definition) is 6. The SMILES string of the molecule is CCOC(=O)c1noc(C(C)(N)C2CC2)n1. The average molecular weight is 225 g/mol. The lowest BCUT2D eigenvalue weighted by Crippen LogP contribution is -2.35. The predicted molar refractivity (Wildman–Crippen MR) is 54.5 cm³/mol. The molecule has 6 nitrogen and oxygen atoms in total. The number of ether oxygens (including phenoxy) is 1. The summed E-state index contributed by atoms with van der Waals surface area (Å²) in [6.45, 7) is 3.84. The van der Waals surface area contributed by atoms with Gasteiger partial charge in [0, 0.05) is 0 Å². The molecule has 88 valence electrons. The summed E-state index contributed by atoms with van der Waals surface area (Å²) < 4.78 is 9.78. The molecule has 0 aliphatic heterocycles. The van der Waals surface area contributed by atoms with Crippen molar-refractivity contribution in [2.24, 2.45) is 11.7 Å². The number of carbonyl (C=O) groups excluding carboxylic acids is 1. The minimum atomic E-state index is -0.641. The van der Waals surface area contributed by atoms with Gasteiger partial charge in [0.2, 0.25) is 5.89 Å². The van der Waals surface area contributed by atoms with E-state index in [1.165, 1.54) is 0 Å². The molecule has 1 aliphatic carbocycles. The molecule has 0 aromatic carbocycles. The van der Waals surface area contributed by atoms with Crippen LogP contribution in [0.25, 0.3) is 0 Å². The number of nitrogens with two attached hydrogens (primary N) is 1. The molecule has 1 saturated carbocycles. The Morgan fingerprint density at radius 3 is 2.94 bits per heavy atom. The lowest BCUT2D eigenvalue weighted by atomic mass is 9.97. The summed E-state index contributed by atoms with van der Waals surface area (Å²) in [5, 5.41) is 3.57. The van der Waals surface area contributed by atoms with Crippen molar-refractivity contribution in [2.75, 3.05) is 6.61 Å². The lowest BCUT2D eigenvalue weighted by Gasteiger charge is -2.18. The smallest absolute Gasteiger partial charge is 0.379 e. The molecule has 1 fully saturated rings. The quantitative estimate of drug-likeness (QED) is 0.763. The Morgan fingerprint density at radius 2 is 2.38 bits per heavy atom. The topological polar surface area (TPSA) is 91.2 Å². The van der Waals surface area contributed by atoms with Gasteiger partial charge in [0.25, 0.3) is 5.82 Å². The van der Waals surface area contributed by atoms with Gasteiger partial charge in [0.05, 0.1) is 12.1 Å². The van der Waals surface area contributed by atoms with Crippen LogP contribution >= 0.6 is 0 Å². The third kappa shape index (κ3) is 1.92. The van der Waals surface area contributed by atoms with Crippen LogP contribution in [0, 0.1) is 5.92 Å². The first kappa shape index (κ1) is 11.1. The van der Waals surface area contributed by atoms with Crippen LogP contribution in [0.15, 0.2) is 4.52 Å². The number of hydrogen-bond donors (Lipinski definition) is 1. The van der Waals surface area contributed by atoms with E-state index in [4.69, 9.17) is 15.0 Å². The number of aromatic nitrogens is 2. The molecule has 0 saturated heterocycles. The Labute approximate surface area is 93.1 Å². The molecule has 1 unspecified atom stereocenters. The molecule has 1 aliphatic rings. The van der Waals surface area contributed by atoms with E-state index in [0.717, 1.165) is 12.8 Å². The van der Waals surface area contributed by atoms with Crippen molar-refractivity contribution in [3.8, 4) is 0 Å². The fraction of sp³-hybridized carbons (Fsp3) is 0.700. The third-order valence-electron chi connectivity index (χ3n) is 2.77. The van der Waals surface area contributed by atoms with E-state index in [2.05, 4.69) is 10.1 Å². The molecule has 1 aromatic rings. The van der Waals surface area contributed by atoms with E-state index in [1.54, 1.807) is 6.92 Å². The molecule has 2 rings (SSSR count). The van der Waals surface area contributed by atoms with Crippen LogP contribution in [-0.4, -0.2) is 22.7 Å². The second kappa shape index (κ2) is 3.86. The van der Waals surface area contributed by atoms with Crippen molar-refractivity contribution in [3.05, 3.63) is 11.7 Å². The minimum absolute atomic E-state index is 0.0609. The highest BCUT2D eigenvalue weighted by molar-refractivity contribution is 5.84. The third-order valence-corrected chi connectivity index (χ3v) is 2.77. The fourth-order valence-electron chi connectivity index (χ4n) is 1.58. The average Bonchev–Trinajstić information content (AvgIpc) is 2.96. The van der Waals surface area contributed by atoms with Crippen LogP contribution < -0.4 is 5.73 Å². The molecule has 16 heavy (non-hydrogen) atoms. The first-order chi connectivity index (χ1) is 7.55. The maximum Gasteiger partial charge on any atom is 0.379 e. The molecular weight excluding hydrogens is 210 g/mol. The Balaban J connectivity index is 2.15. The van der Waals surface area contributed by atoms with Gasteiger partial charge in [-0.25, -0.2) is 4.79 Å². The summed E-state index contributed by atoms with van der Waals surface area (Å²) in [4.78, 5) is 15.3. The molecule has 0 spiro atoms. The molecule has 1 heterocycles. The van der Waals surface area contributed by atoms with Gasteiger partial charge in [-0.1, -0.05) is 0 Å². The van der Waals surface area contributed by atoms with Gasteiger partial charge in [0.15, 0.2) is 0 Å². The number of nitrogens with zero attached hydrogens (tertiary/aromatic N) is 2. The first-order valence-electron chi connectivity index (χ1n) is 5.36.